The van der Waals surface area contributed by atoms with Crippen molar-refractivity contribution in [3.05, 3.63) is 53.9 Å². The van der Waals surface area contributed by atoms with E-state index in [1.165, 1.54) is 7.11 Å². The van der Waals surface area contributed by atoms with Gasteiger partial charge in [0.2, 0.25) is 0 Å². The Kier molecular flexibility index (Phi) is 5.15. The number of methoxy groups -OCH3 is 1. The van der Waals surface area contributed by atoms with Crippen LogP contribution in [0, 0.1) is 6.92 Å². The standard InChI is InChI=1S/C16H18N2O3/c1-12-3-4-13(9-17-12)10-18-14-5-7-15(8-6-14)21-11-16(19)20-2/h3-9,18H,10-11H2,1-2H3. The van der Waals surface area contributed by atoms with Crippen molar-refractivity contribution in [1.29, 1.82) is 0 Å². The fourth-order valence-electron chi connectivity index (χ4n) is 1.68. The van der Waals surface area contributed by atoms with Gasteiger partial charge in [-0.1, -0.05) is 6.07 Å². The summed E-state index contributed by atoms with van der Waals surface area (Å²) in [6.07, 6.45) is 1.86. The molecule has 5 heteroatoms. The number of pyridine rings is 1. The van der Waals surface area contributed by atoms with Crippen molar-refractivity contribution in [2.24, 2.45) is 0 Å². The van der Waals surface area contributed by atoms with E-state index < -0.39 is 5.97 Å². The molecular formula is C16H18N2O3. The molecule has 1 aromatic heterocycles. The second kappa shape index (κ2) is 7.28. The largest absolute Gasteiger partial charge is 0.482 e. The molecule has 0 spiro atoms. The molecule has 2 aromatic rings. The average Bonchev–Trinajstić information content (AvgIpc) is 2.53. The van der Waals surface area contributed by atoms with Gasteiger partial charge in [-0.3, -0.25) is 4.98 Å². The van der Waals surface area contributed by atoms with Crippen molar-refractivity contribution in [3.8, 4) is 5.75 Å². The quantitative estimate of drug-likeness (QED) is 0.827. The van der Waals surface area contributed by atoms with Gasteiger partial charge in [-0.2, -0.15) is 0 Å². The minimum Gasteiger partial charge on any atom is -0.482 e. The first-order valence-corrected chi connectivity index (χ1v) is 6.62. The molecule has 0 aliphatic carbocycles. The molecule has 21 heavy (non-hydrogen) atoms. The number of hydrogen-bond donors (Lipinski definition) is 1. The second-order valence-corrected chi connectivity index (χ2v) is 4.55. The van der Waals surface area contributed by atoms with Crippen LogP contribution in [0.3, 0.4) is 0 Å². The molecule has 0 amide bonds. The number of rotatable bonds is 6. The molecular weight excluding hydrogens is 268 g/mol. The summed E-state index contributed by atoms with van der Waals surface area (Å²) < 4.78 is 9.79. The van der Waals surface area contributed by atoms with Crippen molar-refractivity contribution in [2.45, 2.75) is 13.5 Å². The van der Waals surface area contributed by atoms with Crippen LogP contribution in [-0.2, 0) is 16.1 Å². The van der Waals surface area contributed by atoms with Crippen LogP contribution < -0.4 is 10.1 Å². The van der Waals surface area contributed by atoms with Gasteiger partial charge in [-0.25, -0.2) is 4.79 Å². The van der Waals surface area contributed by atoms with Crippen LogP contribution in [0.1, 0.15) is 11.3 Å². The van der Waals surface area contributed by atoms with E-state index in [0.29, 0.717) is 12.3 Å². The molecule has 0 saturated heterocycles. The highest BCUT2D eigenvalue weighted by Gasteiger charge is 2.01. The summed E-state index contributed by atoms with van der Waals surface area (Å²) in [7, 11) is 1.33. The predicted octanol–water partition coefficient (Wildman–Crippen LogP) is 2.55. The fraction of sp³-hybridized carbons (Fsp3) is 0.250. The zero-order chi connectivity index (χ0) is 15.1. The minimum atomic E-state index is -0.399. The van der Waals surface area contributed by atoms with E-state index >= 15 is 0 Å². The Morgan fingerprint density at radius 3 is 2.57 bits per heavy atom. The Labute approximate surface area is 123 Å². The third kappa shape index (κ3) is 4.80. The van der Waals surface area contributed by atoms with Gasteiger partial charge < -0.3 is 14.8 Å². The topological polar surface area (TPSA) is 60.5 Å². The first kappa shape index (κ1) is 14.8. The monoisotopic (exact) mass is 286 g/mol. The molecule has 2 rings (SSSR count). The molecule has 0 unspecified atom stereocenters. The van der Waals surface area contributed by atoms with Gasteiger partial charge in [0, 0.05) is 24.1 Å². The van der Waals surface area contributed by atoms with Crippen LogP contribution in [0.4, 0.5) is 5.69 Å². The number of esters is 1. The Hall–Kier alpha value is -2.56. The molecule has 1 aromatic carbocycles. The number of carbonyl (C=O) groups is 1. The molecule has 1 heterocycles. The van der Waals surface area contributed by atoms with Crippen LogP contribution in [-0.4, -0.2) is 24.7 Å². The van der Waals surface area contributed by atoms with Gasteiger partial charge in [-0.15, -0.1) is 0 Å². The molecule has 110 valence electrons. The van der Waals surface area contributed by atoms with Crippen LogP contribution in [0.25, 0.3) is 0 Å². The maximum Gasteiger partial charge on any atom is 0.343 e. The van der Waals surface area contributed by atoms with E-state index in [-0.39, 0.29) is 6.61 Å². The lowest BCUT2D eigenvalue weighted by atomic mass is 10.2. The van der Waals surface area contributed by atoms with E-state index in [0.717, 1.165) is 16.9 Å². The Morgan fingerprint density at radius 1 is 1.19 bits per heavy atom. The molecule has 5 nitrogen and oxygen atoms in total. The highest BCUT2D eigenvalue weighted by Crippen LogP contribution is 2.16. The Morgan fingerprint density at radius 2 is 1.95 bits per heavy atom. The van der Waals surface area contributed by atoms with Crippen molar-refractivity contribution >= 4 is 11.7 Å². The van der Waals surface area contributed by atoms with Crippen LogP contribution in [0.15, 0.2) is 42.6 Å². The Balaban J connectivity index is 1.84. The van der Waals surface area contributed by atoms with E-state index in [1.54, 1.807) is 12.1 Å². The number of hydrogen-bond acceptors (Lipinski definition) is 5. The van der Waals surface area contributed by atoms with E-state index in [1.807, 2.05) is 37.4 Å². The number of aromatic nitrogens is 1. The number of nitrogens with zero attached hydrogens (tertiary/aromatic N) is 1. The highest BCUT2D eigenvalue weighted by atomic mass is 16.6. The maximum atomic E-state index is 11.0. The van der Waals surface area contributed by atoms with Crippen molar-refractivity contribution in [3.63, 3.8) is 0 Å². The van der Waals surface area contributed by atoms with Crippen LogP contribution in [0.2, 0.25) is 0 Å². The lowest BCUT2D eigenvalue weighted by Gasteiger charge is -2.08. The highest BCUT2D eigenvalue weighted by molar-refractivity contribution is 5.70. The molecule has 0 aliphatic rings. The summed E-state index contributed by atoms with van der Waals surface area (Å²) in [6, 6.07) is 11.4. The first-order chi connectivity index (χ1) is 10.2. The van der Waals surface area contributed by atoms with Gasteiger partial charge in [0.05, 0.1) is 7.11 Å². The van der Waals surface area contributed by atoms with Crippen LogP contribution >= 0.6 is 0 Å². The number of anilines is 1. The van der Waals surface area contributed by atoms with E-state index in [4.69, 9.17) is 4.74 Å². The summed E-state index contributed by atoms with van der Waals surface area (Å²) in [5.41, 5.74) is 3.10. The number of nitrogens with one attached hydrogen (secondary N) is 1. The van der Waals surface area contributed by atoms with Crippen molar-refractivity contribution in [1.82, 2.24) is 4.98 Å². The van der Waals surface area contributed by atoms with Crippen molar-refractivity contribution < 1.29 is 14.3 Å². The third-order valence-corrected chi connectivity index (χ3v) is 2.91. The van der Waals surface area contributed by atoms with Crippen LogP contribution in [0.5, 0.6) is 5.75 Å². The molecule has 1 N–H and O–H groups in total. The normalized spacial score (nSPS) is 10.0. The summed E-state index contributed by atoms with van der Waals surface area (Å²) >= 11 is 0. The SMILES string of the molecule is COC(=O)COc1ccc(NCc2ccc(C)nc2)cc1. The zero-order valence-corrected chi connectivity index (χ0v) is 12.1. The zero-order valence-electron chi connectivity index (χ0n) is 12.1. The van der Waals surface area contributed by atoms with Gasteiger partial charge in [0.1, 0.15) is 5.75 Å². The third-order valence-electron chi connectivity index (χ3n) is 2.91. The summed E-state index contributed by atoms with van der Waals surface area (Å²) in [5.74, 6) is 0.229. The second-order valence-electron chi connectivity index (χ2n) is 4.55. The average molecular weight is 286 g/mol. The molecule has 0 fully saturated rings. The first-order valence-electron chi connectivity index (χ1n) is 6.62. The van der Waals surface area contributed by atoms with Gasteiger partial charge >= 0.3 is 5.97 Å². The fourth-order valence-corrected chi connectivity index (χ4v) is 1.68. The number of carbonyl (C=O) groups excluding carboxylic acids is 1. The summed E-state index contributed by atoms with van der Waals surface area (Å²) in [4.78, 5) is 15.2. The van der Waals surface area contributed by atoms with Gasteiger partial charge in [0.25, 0.3) is 0 Å². The smallest absolute Gasteiger partial charge is 0.343 e. The number of benzene rings is 1. The summed E-state index contributed by atoms with van der Waals surface area (Å²) in [6.45, 7) is 2.58. The number of ether oxygens (including phenoxy) is 2. The maximum absolute atomic E-state index is 11.0. The molecule has 0 atom stereocenters. The molecule has 0 saturated carbocycles. The predicted molar refractivity (Wildman–Crippen MR) is 80.3 cm³/mol. The van der Waals surface area contributed by atoms with E-state index in [2.05, 4.69) is 15.0 Å². The lowest BCUT2D eigenvalue weighted by Crippen LogP contribution is -2.12. The molecule has 0 radical (unpaired) electrons. The van der Waals surface area contributed by atoms with E-state index in [9.17, 15) is 4.79 Å². The Bertz CT molecular complexity index is 579. The van der Waals surface area contributed by atoms with Crippen molar-refractivity contribution in [2.75, 3.05) is 19.0 Å². The number of aryl methyl sites for hydroxylation is 1. The minimum absolute atomic E-state index is 0.0850. The lowest BCUT2D eigenvalue weighted by molar-refractivity contribution is -0.142. The van der Waals surface area contributed by atoms with Gasteiger partial charge in [-0.05, 0) is 42.8 Å². The summed E-state index contributed by atoms with van der Waals surface area (Å²) in [5, 5.41) is 3.30. The molecule has 0 bridgehead atoms. The molecule has 0 aliphatic heterocycles. The van der Waals surface area contributed by atoms with Gasteiger partial charge in [0.15, 0.2) is 6.61 Å².